The Morgan fingerprint density at radius 1 is 1.11 bits per heavy atom. The summed E-state index contributed by atoms with van der Waals surface area (Å²) < 4.78 is 0. The highest BCUT2D eigenvalue weighted by Crippen LogP contribution is 2.26. The van der Waals surface area contributed by atoms with Crippen LogP contribution in [0.5, 0.6) is 0 Å². The number of nitrogens with zero attached hydrogens (tertiary/aromatic N) is 1. The number of para-hydroxylation sites is 1. The van der Waals surface area contributed by atoms with E-state index in [1.165, 1.54) is 36.1 Å². The smallest absolute Gasteiger partial charge is 0.0374 e. The van der Waals surface area contributed by atoms with E-state index in [0.717, 1.165) is 6.42 Å². The molecule has 3 rings (SSSR count). The van der Waals surface area contributed by atoms with Crippen LogP contribution >= 0.6 is 0 Å². The standard InChI is InChI=1S/C16H18N2/c1-2-4-16-14(3-1)6-8-15(18-16)7-5-13-9-11-17-12-10-13/h1-4,9-12,15,18H,5-8H2. The summed E-state index contributed by atoms with van der Waals surface area (Å²) >= 11 is 0. The Morgan fingerprint density at radius 3 is 2.83 bits per heavy atom. The van der Waals surface area contributed by atoms with E-state index >= 15 is 0 Å². The van der Waals surface area contributed by atoms with E-state index < -0.39 is 0 Å². The lowest BCUT2D eigenvalue weighted by molar-refractivity contribution is 0.586. The van der Waals surface area contributed by atoms with Gasteiger partial charge in [-0.05, 0) is 55.0 Å². The van der Waals surface area contributed by atoms with E-state index in [2.05, 4.69) is 46.7 Å². The van der Waals surface area contributed by atoms with Crippen molar-refractivity contribution in [1.82, 2.24) is 4.98 Å². The third-order valence-corrected chi connectivity index (χ3v) is 3.67. The first kappa shape index (κ1) is 11.3. The minimum atomic E-state index is 0.605. The lowest BCUT2D eigenvalue weighted by Crippen LogP contribution is -2.25. The van der Waals surface area contributed by atoms with Crippen LogP contribution in [0.2, 0.25) is 0 Å². The van der Waals surface area contributed by atoms with Gasteiger partial charge in [0.25, 0.3) is 0 Å². The Balaban J connectivity index is 1.60. The molecule has 0 saturated heterocycles. The maximum Gasteiger partial charge on any atom is 0.0374 e. The number of aryl methyl sites for hydroxylation is 2. The highest BCUT2D eigenvalue weighted by molar-refractivity contribution is 5.53. The number of benzene rings is 1. The van der Waals surface area contributed by atoms with E-state index in [0.29, 0.717) is 6.04 Å². The molecule has 2 heteroatoms. The number of fused-ring (bicyclic) bond motifs is 1. The number of anilines is 1. The Kier molecular flexibility index (Phi) is 3.26. The molecule has 2 heterocycles. The molecule has 1 N–H and O–H groups in total. The SMILES string of the molecule is c1ccc2c(c1)CCC(CCc1ccncc1)N2. The number of aromatic nitrogens is 1. The van der Waals surface area contributed by atoms with E-state index in [9.17, 15) is 0 Å². The Hall–Kier alpha value is -1.83. The van der Waals surface area contributed by atoms with Crippen LogP contribution < -0.4 is 5.32 Å². The van der Waals surface area contributed by atoms with Crippen molar-refractivity contribution in [3.05, 3.63) is 59.9 Å². The van der Waals surface area contributed by atoms with Crippen molar-refractivity contribution in [2.45, 2.75) is 31.7 Å². The molecule has 0 fully saturated rings. The van der Waals surface area contributed by atoms with Crippen LogP contribution in [0.4, 0.5) is 5.69 Å². The van der Waals surface area contributed by atoms with Crippen LogP contribution in [0, 0.1) is 0 Å². The Labute approximate surface area is 108 Å². The molecule has 0 saturated carbocycles. The van der Waals surface area contributed by atoms with E-state index in [-0.39, 0.29) is 0 Å². The van der Waals surface area contributed by atoms with Gasteiger partial charge in [0.15, 0.2) is 0 Å². The van der Waals surface area contributed by atoms with Gasteiger partial charge in [0, 0.05) is 24.1 Å². The summed E-state index contributed by atoms with van der Waals surface area (Å²) in [6.45, 7) is 0. The number of hydrogen-bond donors (Lipinski definition) is 1. The molecule has 1 unspecified atom stereocenters. The number of nitrogens with one attached hydrogen (secondary N) is 1. The van der Waals surface area contributed by atoms with Crippen molar-refractivity contribution in [2.75, 3.05) is 5.32 Å². The van der Waals surface area contributed by atoms with Gasteiger partial charge >= 0.3 is 0 Å². The second kappa shape index (κ2) is 5.21. The molecular weight excluding hydrogens is 220 g/mol. The second-order valence-corrected chi connectivity index (χ2v) is 4.93. The topological polar surface area (TPSA) is 24.9 Å². The van der Waals surface area contributed by atoms with Crippen LogP contribution in [0.3, 0.4) is 0 Å². The fraction of sp³-hybridized carbons (Fsp3) is 0.312. The summed E-state index contributed by atoms with van der Waals surface area (Å²) in [5, 5.41) is 3.65. The first-order chi connectivity index (χ1) is 8.92. The van der Waals surface area contributed by atoms with Crippen molar-refractivity contribution < 1.29 is 0 Å². The van der Waals surface area contributed by atoms with Gasteiger partial charge in [-0.15, -0.1) is 0 Å². The number of rotatable bonds is 3. The second-order valence-electron chi connectivity index (χ2n) is 4.93. The zero-order valence-corrected chi connectivity index (χ0v) is 10.5. The molecule has 1 aliphatic heterocycles. The largest absolute Gasteiger partial charge is 0.382 e. The summed E-state index contributed by atoms with van der Waals surface area (Å²) in [6, 6.07) is 13.5. The molecular formula is C16H18N2. The van der Waals surface area contributed by atoms with Gasteiger partial charge in [0.05, 0.1) is 0 Å². The molecule has 2 nitrogen and oxygen atoms in total. The summed E-state index contributed by atoms with van der Waals surface area (Å²) in [6.07, 6.45) is 8.50. The summed E-state index contributed by atoms with van der Waals surface area (Å²) in [5.41, 5.74) is 4.16. The summed E-state index contributed by atoms with van der Waals surface area (Å²) in [7, 11) is 0. The maximum absolute atomic E-state index is 4.05. The van der Waals surface area contributed by atoms with Gasteiger partial charge in [-0.3, -0.25) is 4.98 Å². The highest BCUT2D eigenvalue weighted by Gasteiger charge is 2.16. The zero-order chi connectivity index (χ0) is 12.2. The van der Waals surface area contributed by atoms with Gasteiger partial charge in [-0.25, -0.2) is 0 Å². The van der Waals surface area contributed by atoms with Gasteiger partial charge in [-0.2, -0.15) is 0 Å². The quantitative estimate of drug-likeness (QED) is 0.886. The summed E-state index contributed by atoms with van der Waals surface area (Å²) in [5.74, 6) is 0. The lowest BCUT2D eigenvalue weighted by Gasteiger charge is -2.27. The average molecular weight is 238 g/mol. The molecule has 2 aromatic rings. The average Bonchev–Trinajstić information content (AvgIpc) is 2.46. The predicted octanol–water partition coefficient (Wildman–Crippen LogP) is 3.44. The van der Waals surface area contributed by atoms with Crippen molar-refractivity contribution in [3.8, 4) is 0 Å². The fourth-order valence-electron chi connectivity index (χ4n) is 2.61. The van der Waals surface area contributed by atoms with Crippen molar-refractivity contribution in [2.24, 2.45) is 0 Å². The summed E-state index contributed by atoms with van der Waals surface area (Å²) in [4.78, 5) is 4.05. The normalized spacial score (nSPS) is 17.9. The molecule has 0 radical (unpaired) electrons. The number of hydrogen-bond acceptors (Lipinski definition) is 2. The third-order valence-electron chi connectivity index (χ3n) is 3.67. The molecule has 92 valence electrons. The van der Waals surface area contributed by atoms with Crippen LogP contribution in [0.15, 0.2) is 48.8 Å². The van der Waals surface area contributed by atoms with Crippen LogP contribution in [-0.4, -0.2) is 11.0 Å². The van der Waals surface area contributed by atoms with Gasteiger partial charge < -0.3 is 5.32 Å². The Morgan fingerprint density at radius 2 is 1.94 bits per heavy atom. The molecule has 18 heavy (non-hydrogen) atoms. The van der Waals surface area contributed by atoms with E-state index in [1.807, 2.05) is 12.4 Å². The Bertz CT molecular complexity index is 508. The molecule has 1 atom stereocenters. The zero-order valence-electron chi connectivity index (χ0n) is 10.5. The van der Waals surface area contributed by atoms with Crippen LogP contribution in [0.1, 0.15) is 24.0 Å². The molecule has 0 amide bonds. The van der Waals surface area contributed by atoms with Gasteiger partial charge in [0.2, 0.25) is 0 Å². The number of pyridine rings is 1. The van der Waals surface area contributed by atoms with E-state index in [1.54, 1.807) is 0 Å². The first-order valence-corrected chi connectivity index (χ1v) is 6.65. The van der Waals surface area contributed by atoms with E-state index in [4.69, 9.17) is 0 Å². The van der Waals surface area contributed by atoms with Crippen LogP contribution in [0.25, 0.3) is 0 Å². The van der Waals surface area contributed by atoms with Gasteiger partial charge in [0.1, 0.15) is 0 Å². The predicted molar refractivity (Wildman–Crippen MR) is 74.7 cm³/mol. The maximum atomic E-state index is 4.05. The molecule has 1 aromatic heterocycles. The van der Waals surface area contributed by atoms with Crippen molar-refractivity contribution in [3.63, 3.8) is 0 Å². The molecule has 1 aromatic carbocycles. The molecule has 0 spiro atoms. The monoisotopic (exact) mass is 238 g/mol. The highest BCUT2D eigenvalue weighted by atomic mass is 14.9. The van der Waals surface area contributed by atoms with Gasteiger partial charge in [-0.1, -0.05) is 18.2 Å². The van der Waals surface area contributed by atoms with Crippen molar-refractivity contribution in [1.29, 1.82) is 0 Å². The van der Waals surface area contributed by atoms with Crippen molar-refractivity contribution >= 4 is 5.69 Å². The minimum absolute atomic E-state index is 0.605. The molecule has 0 bridgehead atoms. The molecule has 1 aliphatic rings. The molecule has 0 aliphatic carbocycles. The lowest BCUT2D eigenvalue weighted by atomic mass is 9.94. The van der Waals surface area contributed by atoms with Crippen LogP contribution in [-0.2, 0) is 12.8 Å². The fourth-order valence-corrected chi connectivity index (χ4v) is 2.61. The third kappa shape index (κ3) is 2.53. The minimum Gasteiger partial charge on any atom is -0.382 e. The first-order valence-electron chi connectivity index (χ1n) is 6.65.